The van der Waals surface area contributed by atoms with E-state index in [-0.39, 0.29) is 22.7 Å². The van der Waals surface area contributed by atoms with Crippen molar-refractivity contribution >= 4 is 40.5 Å². The van der Waals surface area contributed by atoms with E-state index in [9.17, 15) is 10.1 Å². The Hall–Kier alpha value is -3.69. The van der Waals surface area contributed by atoms with E-state index in [1.807, 2.05) is 24.4 Å². The lowest BCUT2D eigenvalue weighted by Gasteiger charge is -2.28. The number of nitro groups is 1. The molecule has 1 fully saturated rings. The molecule has 0 bridgehead atoms. The molecule has 1 saturated heterocycles. The monoisotopic (exact) mass is 515 g/mol. The molecular weight excluding hydrogens is 490 g/mol. The van der Waals surface area contributed by atoms with Gasteiger partial charge in [-0.1, -0.05) is 17.8 Å². The van der Waals surface area contributed by atoms with E-state index in [1.165, 1.54) is 29.1 Å². The average molecular weight is 516 g/mol. The van der Waals surface area contributed by atoms with Crippen molar-refractivity contribution in [2.75, 3.05) is 4.90 Å². The summed E-state index contributed by atoms with van der Waals surface area (Å²) in [5, 5.41) is 15.1. The van der Waals surface area contributed by atoms with Gasteiger partial charge in [0.25, 0.3) is 5.69 Å². The Morgan fingerprint density at radius 3 is 2.25 bits per heavy atom. The zero-order chi connectivity index (χ0) is 25.4. The zero-order valence-electron chi connectivity index (χ0n) is 20.1. The molecule has 1 aliphatic rings. The van der Waals surface area contributed by atoms with Crippen LogP contribution in [0.1, 0.15) is 34.7 Å². The van der Waals surface area contributed by atoms with Crippen molar-refractivity contribution in [2.45, 2.75) is 35.7 Å². The van der Waals surface area contributed by atoms with Crippen LogP contribution in [0.3, 0.4) is 0 Å². The first-order chi connectivity index (χ1) is 17.3. The first-order valence-electron chi connectivity index (χ1n) is 11.5. The van der Waals surface area contributed by atoms with Crippen LogP contribution >= 0.6 is 24.0 Å². The summed E-state index contributed by atoms with van der Waals surface area (Å²) >= 11 is 7.41. The Morgan fingerprint density at radius 2 is 1.69 bits per heavy atom. The Labute approximate surface area is 219 Å². The third kappa shape index (κ3) is 4.47. The molecule has 4 aromatic rings. The molecule has 1 aliphatic heterocycles. The van der Waals surface area contributed by atoms with Gasteiger partial charge in [0, 0.05) is 52.2 Å². The van der Waals surface area contributed by atoms with Gasteiger partial charge in [0.15, 0.2) is 5.11 Å². The van der Waals surface area contributed by atoms with E-state index in [1.54, 1.807) is 23.9 Å². The van der Waals surface area contributed by atoms with Gasteiger partial charge >= 0.3 is 0 Å². The van der Waals surface area contributed by atoms with Crippen molar-refractivity contribution in [1.82, 2.24) is 14.9 Å². The minimum absolute atomic E-state index is 0.0551. The Morgan fingerprint density at radius 1 is 1.03 bits per heavy atom. The smallest absolute Gasteiger partial charge is 0.269 e. The summed E-state index contributed by atoms with van der Waals surface area (Å²) in [6, 6.07) is 22.9. The van der Waals surface area contributed by atoms with Gasteiger partial charge in [0.2, 0.25) is 0 Å². The summed E-state index contributed by atoms with van der Waals surface area (Å²) in [5.41, 5.74) is 5.62. The summed E-state index contributed by atoms with van der Waals surface area (Å²) in [5.74, 6) is 0. The van der Waals surface area contributed by atoms with Crippen LogP contribution in [0, 0.1) is 24.0 Å². The predicted octanol–water partition coefficient (Wildman–Crippen LogP) is 6.27. The maximum absolute atomic E-state index is 10.9. The highest BCUT2D eigenvalue weighted by Crippen LogP contribution is 2.43. The molecule has 9 heteroatoms. The highest BCUT2D eigenvalue weighted by Gasteiger charge is 2.42. The van der Waals surface area contributed by atoms with Crippen LogP contribution in [0.2, 0.25) is 0 Å². The second-order valence-corrected chi connectivity index (χ2v) is 10.3. The summed E-state index contributed by atoms with van der Waals surface area (Å²) in [7, 11) is 2.08. The molecular formula is C27H25N5O2S2. The van der Waals surface area contributed by atoms with Gasteiger partial charge in [-0.15, -0.1) is 0 Å². The Balaban J connectivity index is 1.47. The zero-order valence-corrected chi connectivity index (χ0v) is 21.7. The summed E-state index contributed by atoms with van der Waals surface area (Å²) in [6.45, 7) is 4.25. The molecule has 7 nitrogen and oxygen atoms in total. The summed E-state index contributed by atoms with van der Waals surface area (Å²) < 4.78 is 2.20. The van der Waals surface area contributed by atoms with Crippen LogP contribution in [0.25, 0.3) is 0 Å². The molecule has 2 atom stereocenters. The van der Waals surface area contributed by atoms with Crippen molar-refractivity contribution in [1.29, 1.82) is 0 Å². The second kappa shape index (κ2) is 9.75. The first-order valence-corrected chi connectivity index (χ1v) is 12.7. The van der Waals surface area contributed by atoms with E-state index in [0.717, 1.165) is 21.2 Å². The minimum Gasteiger partial charge on any atom is -0.352 e. The van der Waals surface area contributed by atoms with Crippen LogP contribution in [-0.4, -0.2) is 19.6 Å². The number of pyridine rings is 1. The number of non-ortho nitro benzene ring substituents is 1. The molecule has 36 heavy (non-hydrogen) atoms. The van der Waals surface area contributed by atoms with Gasteiger partial charge in [-0.2, -0.15) is 0 Å². The lowest BCUT2D eigenvalue weighted by Crippen LogP contribution is -2.29. The fourth-order valence-corrected chi connectivity index (χ4v) is 5.74. The van der Waals surface area contributed by atoms with Gasteiger partial charge < -0.3 is 14.8 Å². The molecule has 3 heterocycles. The number of nitro benzene ring substituents is 1. The summed E-state index contributed by atoms with van der Waals surface area (Å²) in [6.07, 6.45) is 1.81. The SMILES string of the molecule is Cc1cc([C@@H]2[C@H](c3ccccn3)NC(=S)N2c2ccc(Sc3ccc([N+](=O)[O-])cc3)cc2)c(C)n1C. The number of aryl methyl sites for hydroxylation is 1. The fraction of sp³-hybridized carbons (Fsp3) is 0.185. The molecule has 5 rings (SSSR count). The molecule has 2 aromatic heterocycles. The van der Waals surface area contributed by atoms with E-state index >= 15 is 0 Å². The Kier molecular flexibility index (Phi) is 6.51. The number of anilines is 1. The van der Waals surface area contributed by atoms with Crippen LogP contribution < -0.4 is 10.2 Å². The topological polar surface area (TPSA) is 76.2 Å². The molecule has 2 aromatic carbocycles. The molecule has 0 amide bonds. The number of rotatable bonds is 6. The molecule has 0 unspecified atom stereocenters. The molecule has 1 N–H and O–H groups in total. The van der Waals surface area contributed by atoms with Crippen LogP contribution in [-0.2, 0) is 7.05 Å². The number of hydrogen-bond acceptors (Lipinski definition) is 5. The van der Waals surface area contributed by atoms with Gasteiger partial charge in [-0.05, 0) is 86.2 Å². The van der Waals surface area contributed by atoms with E-state index in [4.69, 9.17) is 12.2 Å². The number of benzene rings is 2. The average Bonchev–Trinajstić information content (AvgIpc) is 3.36. The standard InChI is InChI=1S/C27H25N5O2S2/c1-17-16-23(18(2)30(17)3)26-25(24-6-4-5-15-28-24)29-27(35)31(26)19-7-11-21(12-8-19)36-22-13-9-20(10-14-22)32(33)34/h4-16,25-26H,1-3H3,(H,29,35)/t25-,26+/m0/s1. The molecule has 0 radical (unpaired) electrons. The largest absolute Gasteiger partial charge is 0.352 e. The normalized spacial score (nSPS) is 17.3. The summed E-state index contributed by atoms with van der Waals surface area (Å²) in [4.78, 5) is 19.3. The predicted molar refractivity (Wildman–Crippen MR) is 146 cm³/mol. The van der Waals surface area contributed by atoms with Crippen molar-refractivity contribution in [3.8, 4) is 0 Å². The van der Waals surface area contributed by atoms with Crippen molar-refractivity contribution < 1.29 is 4.92 Å². The number of aromatic nitrogens is 2. The van der Waals surface area contributed by atoms with E-state index < -0.39 is 0 Å². The minimum atomic E-state index is -0.388. The second-order valence-electron chi connectivity index (χ2n) is 8.73. The maximum atomic E-state index is 10.9. The lowest BCUT2D eigenvalue weighted by molar-refractivity contribution is -0.384. The fourth-order valence-electron chi connectivity index (χ4n) is 4.58. The van der Waals surface area contributed by atoms with Crippen molar-refractivity contribution in [2.24, 2.45) is 7.05 Å². The quantitative estimate of drug-likeness (QED) is 0.184. The van der Waals surface area contributed by atoms with Crippen LogP contribution in [0.5, 0.6) is 0 Å². The van der Waals surface area contributed by atoms with Crippen LogP contribution in [0.15, 0.2) is 88.8 Å². The third-order valence-corrected chi connectivity index (χ3v) is 7.96. The number of nitrogens with one attached hydrogen (secondary N) is 1. The Bertz CT molecular complexity index is 1420. The molecule has 0 aliphatic carbocycles. The van der Waals surface area contributed by atoms with Crippen LogP contribution in [0.4, 0.5) is 11.4 Å². The molecule has 0 spiro atoms. The number of nitrogens with zero attached hydrogens (tertiary/aromatic N) is 4. The van der Waals surface area contributed by atoms with Gasteiger partial charge in [0.05, 0.1) is 22.7 Å². The van der Waals surface area contributed by atoms with E-state index in [0.29, 0.717) is 5.11 Å². The van der Waals surface area contributed by atoms with E-state index in [2.05, 4.69) is 71.0 Å². The van der Waals surface area contributed by atoms with Gasteiger partial charge in [-0.25, -0.2) is 0 Å². The third-order valence-electron chi connectivity index (χ3n) is 6.63. The maximum Gasteiger partial charge on any atom is 0.269 e. The lowest BCUT2D eigenvalue weighted by atomic mass is 9.96. The highest BCUT2D eigenvalue weighted by atomic mass is 32.2. The molecule has 0 saturated carbocycles. The van der Waals surface area contributed by atoms with Gasteiger partial charge in [0.1, 0.15) is 0 Å². The highest BCUT2D eigenvalue weighted by molar-refractivity contribution is 7.99. The van der Waals surface area contributed by atoms with Gasteiger partial charge in [-0.3, -0.25) is 15.1 Å². The molecule has 182 valence electrons. The van der Waals surface area contributed by atoms with Crippen molar-refractivity contribution in [3.05, 3.63) is 112 Å². The number of thiocarbonyl (C=S) groups is 1. The first kappa shape index (κ1) is 24.0. The number of hydrogen-bond donors (Lipinski definition) is 1. The van der Waals surface area contributed by atoms with Crippen molar-refractivity contribution in [3.63, 3.8) is 0 Å².